The summed E-state index contributed by atoms with van der Waals surface area (Å²) < 4.78 is 56.3. The highest BCUT2D eigenvalue weighted by atomic mass is 32.2. The summed E-state index contributed by atoms with van der Waals surface area (Å²) in [6.45, 7) is -1.18. The summed E-state index contributed by atoms with van der Waals surface area (Å²) in [4.78, 5) is 8.57. The predicted octanol–water partition coefficient (Wildman–Crippen LogP) is 4.40. The van der Waals surface area contributed by atoms with Crippen LogP contribution in [-0.4, -0.2) is 37.4 Å². The third-order valence-corrected chi connectivity index (χ3v) is 4.79. The Labute approximate surface area is 179 Å². The zero-order valence-electron chi connectivity index (χ0n) is 16.8. The molecule has 0 bridgehead atoms. The number of hydrogen-bond acceptors (Lipinski definition) is 7. The van der Waals surface area contributed by atoms with Gasteiger partial charge in [-0.05, 0) is 48.7 Å². The van der Waals surface area contributed by atoms with Crippen LogP contribution in [0.1, 0.15) is 12.5 Å². The van der Waals surface area contributed by atoms with Gasteiger partial charge < -0.3 is 10.1 Å². The van der Waals surface area contributed by atoms with Crippen LogP contribution in [0.25, 0.3) is 11.1 Å². The van der Waals surface area contributed by atoms with Crippen molar-refractivity contribution in [3.8, 4) is 16.9 Å². The Morgan fingerprint density at radius 2 is 1.71 bits per heavy atom. The Morgan fingerprint density at radius 3 is 2.32 bits per heavy atom. The predicted molar refractivity (Wildman–Crippen MR) is 113 cm³/mol. The molecule has 3 aromatic rings. The SMILES string of the molecule is CC(Cc1cccc(Nc2ncc(-c3ccc(OC(F)F)cc3)cn2)c1)OS(C)(=O)=O. The number of alkyl halides is 2. The molecule has 1 atom stereocenters. The fourth-order valence-electron chi connectivity index (χ4n) is 2.94. The minimum Gasteiger partial charge on any atom is -0.435 e. The first-order valence-electron chi connectivity index (χ1n) is 9.29. The quantitative estimate of drug-likeness (QED) is 0.484. The topological polar surface area (TPSA) is 90.4 Å². The average molecular weight is 449 g/mol. The van der Waals surface area contributed by atoms with Crippen molar-refractivity contribution in [1.29, 1.82) is 0 Å². The second-order valence-corrected chi connectivity index (χ2v) is 8.44. The first-order valence-corrected chi connectivity index (χ1v) is 11.1. The molecule has 0 aliphatic rings. The summed E-state index contributed by atoms with van der Waals surface area (Å²) in [6.07, 6.45) is 4.19. The van der Waals surface area contributed by atoms with Crippen LogP contribution in [0.4, 0.5) is 20.4 Å². The minimum absolute atomic E-state index is 0.0779. The number of nitrogens with zero attached hydrogens (tertiary/aromatic N) is 2. The number of nitrogens with one attached hydrogen (secondary N) is 1. The molecule has 164 valence electrons. The van der Waals surface area contributed by atoms with Crippen LogP contribution in [0.15, 0.2) is 60.9 Å². The van der Waals surface area contributed by atoms with Gasteiger partial charge in [-0.3, -0.25) is 4.18 Å². The number of hydrogen-bond donors (Lipinski definition) is 1. The third-order valence-electron chi connectivity index (χ3n) is 4.11. The molecule has 0 spiro atoms. The zero-order valence-corrected chi connectivity index (χ0v) is 17.6. The van der Waals surface area contributed by atoms with Crippen molar-refractivity contribution in [2.75, 3.05) is 11.6 Å². The van der Waals surface area contributed by atoms with E-state index in [2.05, 4.69) is 20.0 Å². The molecule has 0 fully saturated rings. The highest BCUT2D eigenvalue weighted by Gasteiger charge is 2.11. The lowest BCUT2D eigenvalue weighted by Crippen LogP contribution is -2.16. The molecule has 10 heteroatoms. The lowest BCUT2D eigenvalue weighted by molar-refractivity contribution is -0.0498. The lowest BCUT2D eigenvalue weighted by Gasteiger charge is -2.12. The fraction of sp³-hybridized carbons (Fsp3) is 0.238. The van der Waals surface area contributed by atoms with Gasteiger partial charge in [-0.25, -0.2) is 9.97 Å². The summed E-state index contributed by atoms with van der Waals surface area (Å²) in [6, 6.07) is 13.6. The first kappa shape index (κ1) is 22.6. The van der Waals surface area contributed by atoms with Crippen LogP contribution in [0.3, 0.4) is 0 Å². The van der Waals surface area contributed by atoms with Gasteiger partial charge in [-0.1, -0.05) is 24.3 Å². The molecule has 1 N–H and O–H groups in total. The van der Waals surface area contributed by atoms with E-state index in [0.717, 1.165) is 28.6 Å². The van der Waals surface area contributed by atoms with Gasteiger partial charge in [0.15, 0.2) is 0 Å². The van der Waals surface area contributed by atoms with E-state index in [9.17, 15) is 17.2 Å². The molecule has 31 heavy (non-hydrogen) atoms. The van der Waals surface area contributed by atoms with Gasteiger partial charge in [0, 0.05) is 23.6 Å². The molecular weight excluding hydrogens is 428 g/mol. The number of benzene rings is 2. The van der Waals surface area contributed by atoms with E-state index in [-0.39, 0.29) is 5.75 Å². The van der Waals surface area contributed by atoms with Crippen LogP contribution in [0.5, 0.6) is 5.75 Å². The van der Waals surface area contributed by atoms with E-state index in [1.807, 2.05) is 24.3 Å². The third kappa shape index (κ3) is 7.26. The van der Waals surface area contributed by atoms with Gasteiger partial charge in [0.05, 0.1) is 12.4 Å². The summed E-state index contributed by atoms with van der Waals surface area (Å²) in [5.74, 6) is 0.452. The molecule has 0 saturated heterocycles. The number of anilines is 2. The van der Waals surface area contributed by atoms with Crippen molar-refractivity contribution in [3.05, 3.63) is 66.5 Å². The highest BCUT2D eigenvalue weighted by Crippen LogP contribution is 2.23. The van der Waals surface area contributed by atoms with Crippen LogP contribution in [-0.2, 0) is 20.7 Å². The number of aromatic nitrogens is 2. The maximum Gasteiger partial charge on any atom is 0.387 e. The van der Waals surface area contributed by atoms with E-state index in [4.69, 9.17) is 4.18 Å². The molecule has 1 heterocycles. The molecule has 0 aliphatic carbocycles. The van der Waals surface area contributed by atoms with Crippen LogP contribution < -0.4 is 10.1 Å². The van der Waals surface area contributed by atoms with Gasteiger partial charge in [-0.2, -0.15) is 17.2 Å². The molecule has 0 aliphatic heterocycles. The van der Waals surface area contributed by atoms with Crippen LogP contribution in [0, 0.1) is 0 Å². The molecule has 0 radical (unpaired) electrons. The van der Waals surface area contributed by atoms with Gasteiger partial charge in [0.1, 0.15) is 5.75 Å². The second-order valence-electron chi connectivity index (χ2n) is 6.84. The number of ether oxygens (including phenoxy) is 1. The van der Waals surface area contributed by atoms with Gasteiger partial charge >= 0.3 is 6.61 Å². The van der Waals surface area contributed by atoms with Crippen molar-refractivity contribution in [1.82, 2.24) is 9.97 Å². The molecule has 1 unspecified atom stereocenters. The monoisotopic (exact) mass is 449 g/mol. The van der Waals surface area contributed by atoms with Crippen molar-refractivity contribution in [2.24, 2.45) is 0 Å². The zero-order chi connectivity index (χ0) is 22.4. The number of halogens is 2. The molecule has 7 nitrogen and oxygen atoms in total. The van der Waals surface area contributed by atoms with E-state index in [1.165, 1.54) is 12.1 Å². The Hall–Kier alpha value is -3.11. The standard InChI is InChI=1S/C21H21F2N3O4S/c1-14(30-31(2,27)28)10-15-4-3-5-18(11-15)26-21-24-12-17(13-25-21)16-6-8-19(9-7-16)29-20(22)23/h3-9,11-14,20H,10H2,1-2H3,(H,24,25,26). The summed E-state index contributed by atoms with van der Waals surface area (Å²) in [7, 11) is -3.51. The maximum absolute atomic E-state index is 12.2. The number of rotatable bonds is 9. The molecule has 2 aromatic carbocycles. The smallest absolute Gasteiger partial charge is 0.387 e. The summed E-state index contributed by atoms with van der Waals surface area (Å²) >= 11 is 0. The van der Waals surface area contributed by atoms with Crippen molar-refractivity contribution >= 4 is 21.8 Å². The van der Waals surface area contributed by atoms with Crippen molar-refractivity contribution in [3.63, 3.8) is 0 Å². The van der Waals surface area contributed by atoms with Gasteiger partial charge in [0.2, 0.25) is 5.95 Å². The lowest BCUT2D eigenvalue weighted by atomic mass is 10.1. The van der Waals surface area contributed by atoms with Crippen LogP contribution in [0.2, 0.25) is 0 Å². The summed E-state index contributed by atoms with van der Waals surface area (Å²) in [5, 5.41) is 3.09. The largest absolute Gasteiger partial charge is 0.435 e. The van der Waals surface area contributed by atoms with Crippen LogP contribution >= 0.6 is 0 Å². The Morgan fingerprint density at radius 1 is 1.03 bits per heavy atom. The summed E-state index contributed by atoms with van der Waals surface area (Å²) in [5.41, 5.74) is 3.11. The van der Waals surface area contributed by atoms with E-state index in [1.54, 1.807) is 31.5 Å². The second kappa shape index (κ2) is 9.80. The van der Waals surface area contributed by atoms with E-state index < -0.39 is 22.8 Å². The molecular formula is C21H21F2N3O4S. The molecule has 1 aromatic heterocycles. The average Bonchev–Trinajstić information content (AvgIpc) is 2.67. The maximum atomic E-state index is 12.2. The molecule has 0 amide bonds. The molecule has 0 saturated carbocycles. The van der Waals surface area contributed by atoms with E-state index >= 15 is 0 Å². The van der Waals surface area contributed by atoms with Crippen molar-refractivity contribution in [2.45, 2.75) is 26.1 Å². The van der Waals surface area contributed by atoms with Crippen molar-refractivity contribution < 1.29 is 26.1 Å². The van der Waals surface area contributed by atoms with Gasteiger partial charge in [-0.15, -0.1) is 0 Å². The highest BCUT2D eigenvalue weighted by molar-refractivity contribution is 7.86. The first-order chi connectivity index (χ1) is 14.7. The minimum atomic E-state index is -3.51. The molecule has 3 rings (SSSR count). The normalized spacial score (nSPS) is 12.5. The van der Waals surface area contributed by atoms with E-state index in [0.29, 0.717) is 12.4 Å². The Kier molecular flexibility index (Phi) is 7.13. The van der Waals surface area contributed by atoms with Gasteiger partial charge in [0.25, 0.3) is 10.1 Å². The Balaban J connectivity index is 1.64. The fourth-order valence-corrected chi connectivity index (χ4v) is 3.60. The Bertz CT molecular complexity index is 1110.